The van der Waals surface area contributed by atoms with Crippen molar-refractivity contribution in [1.82, 2.24) is 0 Å². The number of rotatable bonds is 4. The molecule has 2 nitrogen and oxygen atoms in total. The average Bonchev–Trinajstić information content (AvgIpc) is 2.24. The van der Waals surface area contributed by atoms with Gasteiger partial charge in [-0.25, -0.2) is 4.39 Å². The van der Waals surface area contributed by atoms with Gasteiger partial charge in [-0.2, -0.15) is 13.2 Å². The van der Waals surface area contributed by atoms with E-state index in [4.69, 9.17) is 5.73 Å². The van der Waals surface area contributed by atoms with Gasteiger partial charge in [0, 0.05) is 19.1 Å². The Labute approximate surface area is 109 Å². The number of anilines is 1. The largest absolute Gasteiger partial charge is 0.416 e. The second-order valence-electron chi connectivity index (χ2n) is 4.73. The summed E-state index contributed by atoms with van der Waals surface area (Å²) in [4.78, 5) is 1.78. The van der Waals surface area contributed by atoms with Crippen LogP contribution in [-0.4, -0.2) is 19.1 Å². The van der Waals surface area contributed by atoms with Crippen molar-refractivity contribution in [3.63, 3.8) is 0 Å². The van der Waals surface area contributed by atoms with Crippen LogP contribution in [0.4, 0.5) is 23.2 Å². The molecule has 0 radical (unpaired) electrons. The van der Waals surface area contributed by atoms with E-state index >= 15 is 0 Å². The normalized spacial score (nSPS) is 16.3. The van der Waals surface area contributed by atoms with Crippen LogP contribution in [0.15, 0.2) is 18.2 Å². The van der Waals surface area contributed by atoms with Crippen molar-refractivity contribution in [2.45, 2.75) is 31.5 Å². The first-order valence-corrected chi connectivity index (χ1v) is 6.27. The predicted octanol–water partition coefficient (Wildman–Crippen LogP) is 3.16. The van der Waals surface area contributed by atoms with Crippen LogP contribution >= 0.6 is 0 Å². The molecular weight excluding hydrogens is 260 g/mol. The molecule has 0 amide bonds. The molecule has 6 heteroatoms. The molecule has 1 aromatic rings. The summed E-state index contributed by atoms with van der Waals surface area (Å²) in [5, 5.41) is 0. The maximum atomic E-state index is 13.9. The molecule has 19 heavy (non-hydrogen) atoms. The van der Waals surface area contributed by atoms with Gasteiger partial charge < -0.3 is 10.6 Å². The SMILES string of the molecule is NCCN(c1ccc(C(F)(F)F)cc1F)C1CCC1. The lowest BCUT2D eigenvalue weighted by atomic mass is 9.91. The minimum absolute atomic E-state index is 0.190. The quantitative estimate of drug-likeness (QED) is 0.856. The summed E-state index contributed by atoms with van der Waals surface area (Å²) >= 11 is 0. The van der Waals surface area contributed by atoms with Crippen molar-refractivity contribution < 1.29 is 17.6 Å². The zero-order valence-electron chi connectivity index (χ0n) is 10.4. The molecule has 1 fully saturated rings. The van der Waals surface area contributed by atoms with Gasteiger partial charge in [-0.1, -0.05) is 0 Å². The number of nitrogens with two attached hydrogens (primary N) is 1. The zero-order chi connectivity index (χ0) is 14.0. The third-order valence-corrected chi connectivity index (χ3v) is 3.47. The minimum Gasteiger partial charge on any atom is -0.365 e. The van der Waals surface area contributed by atoms with Crippen molar-refractivity contribution in [3.8, 4) is 0 Å². The highest BCUT2D eigenvalue weighted by Crippen LogP contribution is 2.35. The van der Waals surface area contributed by atoms with Crippen molar-refractivity contribution in [1.29, 1.82) is 0 Å². The van der Waals surface area contributed by atoms with Crippen molar-refractivity contribution in [2.75, 3.05) is 18.0 Å². The second kappa shape index (κ2) is 5.36. The maximum absolute atomic E-state index is 13.9. The average molecular weight is 276 g/mol. The molecule has 1 saturated carbocycles. The van der Waals surface area contributed by atoms with Crippen molar-refractivity contribution >= 4 is 5.69 Å². The molecule has 0 unspecified atom stereocenters. The highest BCUT2D eigenvalue weighted by Gasteiger charge is 2.32. The third kappa shape index (κ3) is 3.00. The summed E-state index contributed by atoms with van der Waals surface area (Å²) in [6.45, 7) is 0.796. The Balaban J connectivity index is 2.27. The van der Waals surface area contributed by atoms with E-state index in [2.05, 4.69) is 0 Å². The van der Waals surface area contributed by atoms with E-state index in [9.17, 15) is 17.6 Å². The highest BCUT2D eigenvalue weighted by molar-refractivity contribution is 5.51. The fourth-order valence-electron chi connectivity index (χ4n) is 2.25. The van der Waals surface area contributed by atoms with E-state index < -0.39 is 17.6 Å². The molecule has 0 aliphatic heterocycles. The lowest BCUT2D eigenvalue weighted by molar-refractivity contribution is -0.137. The van der Waals surface area contributed by atoms with Gasteiger partial charge in [-0.15, -0.1) is 0 Å². The van der Waals surface area contributed by atoms with Crippen LogP contribution in [0.1, 0.15) is 24.8 Å². The molecular formula is C13H16F4N2. The molecule has 0 heterocycles. The van der Waals surface area contributed by atoms with Gasteiger partial charge in [0.25, 0.3) is 0 Å². The van der Waals surface area contributed by atoms with Crippen LogP contribution in [0.25, 0.3) is 0 Å². The van der Waals surface area contributed by atoms with Gasteiger partial charge in [0.15, 0.2) is 0 Å². The minimum atomic E-state index is -4.52. The van der Waals surface area contributed by atoms with Crippen LogP contribution in [0.2, 0.25) is 0 Å². The third-order valence-electron chi connectivity index (χ3n) is 3.47. The van der Waals surface area contributed by atoms with E-state index in [1.165, 1.54) is 6.07 Å². The van der Waals surface area contributed by atoms with Gasteiger partial charge in [0.1, 0.15) is 5.82 Å². The zero-order valence-corrected chi connectivity index (χ0v) is 10.4. The van der Waals surface area contributed by atoms with Crippen molar-refractivity contribution in [3.05, 3.63) is 29.6 Å². The summed E-state index contributed by atoms with van der Waals surface area (Å²) in [7, 11) is 0. The summed E-state index contributed by atoms with van der Waals surface area (Å²) < 4.78 is 51.3. The first-order valence-electron chi connectivity index (χ1n) is 6.27. The summed E-state index contributed by atoms with van der Waals surface area (Å²) in [5.74, 6) is -0.838. The molecule has 2 rings (SSSR count). The predicted molar refractivity (Wildman–Crippen MR) is 65.4 cm³/mol. The van der Waals surface area contributed by atoms with Crippen molar-refractivity contribution in [2.24, 2.45) is 5.73 Å². The van der Waals surface area contributed by atoms with Crippen LogP contribution in [-0.2, 0) is 6.18 Å². The molecule has 106 valence electrons. The topological polar surface area (TPSA) is 29.3 Å². The molecule has 1 aromatic carbocycles. The second-order valence-corrected chi connectivity index (χ2v) is 4.73. The molecule has 2 N–H and O–H groups in total. The van der Waals surface area contributed by atoms with Crippen LogP contribution in [0.5, 0.6) is 0 Å². The Hall–Kier alpha value is -1.30. The van der Waals surface area contributed by atoms with E-state index in [1.54, 1.807) is 4.90 Å². The van der Waals surface area contributed by atoms with E-state index in [0.717, 1.165) is 25.3 Å². The molecule has 1 aliphatic carbocycles. The molecule has 1 aliphatic rings. The Morgan fingerprint density at radius 2 is 1.95 bits per heavy atom. The Bertz CT molecular complexity index is 441. The van der Waals surface area contributed by atoms with E-state index in [1.807, 2.05) is 0 Å². The number of hydrogen-bond acceptors (Lipinski definition) is 2. The fourth-order valence-corrected chi connectivity index (χ4v) is 2.25. The smallest absolute Gasteiger partial charge is 0.365 e. The van der Waals surface area contributed by atoms with Gasteiger partial charge >= 0.3 is 6.18 Å². The van der Waals surface area contributed by atoms with E-state index in [-0.39, 0.29) is 11.7 Å². The van der Waals surface area contributed by atoms with Crippen LogP contribution < -0.4 is 10.6 Å². The summed E-state index contributed by atoms with van der Waals surface area (Å²) in [5.41, 5.74) is 4.74. The van der Waals surface area contributed by atoms with Crippen LogP contribution in [0, 0.1) is 5.82 Å². The summed E-state index contributed by atoms with van der Waals surface area (Å²) in [6.07, 6.45) is -1.59. The van der Waals surface area contributed by atoms with Crippen LogP contribution in [0.3, 0.4) is 0 Å². The number of alkyl halides is 3. The number of benzene rings is 1. The lowest BCUT2D eigenvalue weighted by Crippen LogP contribution is -2.43. The van der Waals surface area contributed by atoms with E-state index in [0.29, 0.717) is 19.2 Å². The van der Waals surface area contributed by atoms with Gasteiger partial charge in [0.2, 0.25) is 0 Å². The highest BCUT2D eigenvalue weighted by atomic mass is 19.4. The first kappa shape index (κ1) is 14.1. The molecule has 0 atom stereocenters. The molecule has 0 spiro atoms. The van der Waals surface area contributed by atoms with Gasteiger partial charge in [-0.05, 0) is 37.5 Å². The Kier molecular flexibility index (Phi) is 3.99. The standard InChI is InChI=1S/C13H16F4N2/c14-11-8-9(13(15,16)17)4-5-12(11)19(7-6-18)10-2-1-3-10/h4-5,8,10H,1-3,6-7,18H2. The number of nitrogens with zero attached hydrogens (tertiary/aromatic N) is 1. The van der Waals surface area contributed by atoms with Gasteiger partial charge in [-0.3, -0.25) is 0 Å². The molecule has 0 aromatic heterocycles. The Morgan fingerprint density at radius 1 is 1.26 bits per heavy atom. The Morgan fingerprint density at radius 3 is 2.37 bits per heavy atom. The molecule has 0 bridgehead atoms. The fraction of sp³-hybridized carbons (Fsp3) is 0.538. The number of hydrogen-bond donors (Lipinski definition) is 1. The molecule has 0 saturated heterocycles. The summed E-state index contributed by atoms with van der Waals surface area (Å²) in [6, 6.07) is 2.86. The van der Waals surface area contributed by atoms with Gasteiger partial charge in [0.05, 0.1) is 11.3 Å². The number of halogens is 4. The lowest BCUT2D eigenvalue weighted by Gasteiger charge is -2.39. The monoisotopic (exact) mass is 276 g/mol. The first-order chi connectivity index (χ1) is 8.93. The maximum Gasteiger partial charge on any atom is 0.416 e.